The molecule has 2 aromatic heterocycles. The summed E-state index contributed by atoms with van der Waals surface area (Å²) >= 11 is 1.61. The molecule has 0 aliphatic rings. The summed E-state index contributed by atoms with van der Waals surface area (Å²) < 4.78 is 8.00. The lowest BCUT2D eigenvalue weighted by molar-refractivity contribution is 0.0468. The zero-order valence-corrected chi connectivity index (χ0v) is 16.6. The number of carbonyl (C=O) groups is 1. The average Bonchev–Trinajstić information content (AvgIpc) is 3.22. The fourth-order valence-electron chi connectivity index (χ4n) is 3.44. The maximum atomic E-state index is 13.0. The molecule has 3 aromatic carbocycles. The maximum Gasteiger partial charge on any atom is 0.359 e. The Morgan fingerprint density at radius 3 is 2.33 bits per heavy atom. The van der Waals surface area contributed by atoms with E-state index in [2.05, 4.69) is 5.10 Å². The third-order valence-corrected chi connectivity index (χ3v) is 5.93. The number of ether oxygens (including phenoxy) is 1. The number of para-hydroxylation sites is 1. The molecular weight excluding hydrogens is 396 g/mol. The number of fused-ring (bicyclic) bond motifs is 2. The highest BCUT2D eigenvalue weighted by molar-refractivity contribution is 7.17. The highest BCUT2D eigenvalue weighted by Gasteiger charge is 2.19. The highest BCUT2D eigenvalue weighted by Crippen LogP contribution is 2.26. The quantitative estimate of drug-likeness (QED) is 0.392. The van der Waals surface area contributed by atoms with Crippen LogP contribution in [0, 0.1) is 0 Å². The monoisotopic (exact) mass is 412 g/mol. The van der Waals surface area contributed by atoms with Gasteiger partial charge in [-0.15, -0.1) is 11.3 Å². The summed E-state index contributed by atoms with van der Waals surface area (Å²) in [5, 5.41) is 8.33. The predicted octanol–water partition coefficient (Wildman–Crippen LogP) is 4.96. The summed E-state index contributed by atoms with van der Waals surface area (Å²) in [6.07, 6.45) is 0. The van der Waals surface area contributed by atoms with Crippen LogP contribution in [0.5, 0.6) is 0 Å². The molecule has 2 heterocycles. The van der Waals surface area contributed by atoms with E-state index in [-0.39, 0.29) is 17.9 Å². The van der Waals surface area contributed by atoms with Crippen LogP contribution in [0.2, 0.25) is 0 Å². The van der Waals surface area contributed by atoms with Crippen molar-refractivity contribution in [1.82, 2.24) is 9.78 Å². The summed E-state index contributed by atoms with van der Waals surface area (Å²) in [7, 11) is 0. The van der Waals surface area contributed by atoms with Gasteiger partial charge in [0.05, 0.1) is 11.1 Å². The fraction of sp³-hybridized carbons (Fsp3) is 0.0417. The minimum atomic E-state index is -0.564. The van der Waals surface area contributed by atoms with Crippen molar-refractivity contribution in [2.45, 2.75) is 6.61 Å². The van der Waals surface area contributed by atoms with E-state index in [0.29, 0.717) is 16.5 Å². The van der Waals surface area contributed by atoms with E-state index in [1.807, 2.05) is 47.8 Å². The molecule has 0 atom stereocenters. The number of carbonyl (C=O) groups excluding carboxylic acids is 1. The molecule has 0 amide bonds. The Morgan fingerprint density at radius 1 is 0.867 bits per heavy atom. The number of hydrogen-bond acceptors (Lipinski definition) is 5. The molecule has 0 radical (unpaired) electrons. The largest absolute Gasteiger partial charge is 0.456 e. The first-order chi connectivity index (χ1) is 14.7. The van der Waals surface area contributed by atoms with Gasteiger partial charge in [-0.3, -0.25) is 4.79 Å². The van der Waals surface area contributed by atoms with Crippen LogP contribution in [-0.4, -0.2) is 15.7 Å². The smallest absolute Gasteiger partial charge is 0.359 e. The first-order valence-corrected chi connectivity index (χ1v) is 10.3. The van der Waals surface area contributed by atoms with Crippen molar-refractivity contribution in [3.8, 4) is 5.69 Å². The number of nitrogens with zero attached hydrogens (tertiary/aromatic N) is 2. The third-order valence-electron chi connectivity index (χ3n) is 4.92. The molecule has 6 heteroatoms. The molecule has 5 aromatic rings. The van der Waals surface area contributed by atoms with Crippen LogP contribution in [0.25, 0.3) is 26.5 Å². The summed E-state index contributed by atoms with van der Waals surface area (Å²) in [6.45, 7) is 0.142. The van der Waals surface area contributed by atoms with Crippen molar-refractivity contribution in [3.63, 3.8) is 0 Å². The van der Waals surface area contributed by atoms with Gasteiger partial charge < -0.3 is 4.74 Å². The summed E-state index contributed by atoms with van der Waals surface area (Å²) in [5.41, 5.74) is 1.38. The number of aromatic nitrogens is 2. The molecule has 5 nitrogen and oxygen atoms in total. The van der Waals surface area contributed by atoms with Gasteiger partial charge in [0.15, 0.2) is 5.69 Å². The lowest BCUT2D eigenvalue weighted by Gasteiger charge is -2.11. The van der Waals surface area contributed by atoms with Gasteiger partial charge >= 0.3 is 5.97 Å². The van der Waals surface area contributed by atoms with Gasteiger partial charge in [-0.25, -0.2) is 4.79 Å². The fourth-order valence-corrected chi connectivity index (χ4v) is 4.39. The van der Waals surface area contributed by atoms with Gasteiger partial charge in [0, 0.05) is 15.6 Å². The van der Waals surface area contributed by atoms with E-state index < -0.39 is 5.97 Å². The van der Waals surface area contributed by atoms with Crippen molar-refractivity contribution < 1.29 is 9.53 Å². The SMILES string of the molecule is O=C(OCc1csc2ccccc12)c1nn(-c2ccccc2)c(=O)c2ccccc12. The van der Waals surface area contributed by atoms with E-state index in [1.54, 1.807) is 47.7 Å². The molecule has 0 aliphatic heterocycles. The van der Waals surface area contributed by atoms with Gasteiger partial charge in [0.25, 0.3) is 5.56 Å². The number of rotatable bonds is 4. The van der Waals surface area contributed by atoms with Crippen LogP contribution in [0.3, 0.4) is 0 Å². The zero-order valence-electron chi connectivity index (χ0n) is 15.8. The van der Waals surface area contributed by atoms with Crippen LogP contribution in [-0.2, 0) is 11.3 Å². The second kappa shape index (κ2) is 7.57. The number of benzene rings is 3. The molecule has 0 unspecified atom stereocenters. The Kier molecular flexibility index (Phi) is 4.61. The lowest BCUT2D eigenvalue weighted by Crippen LogP contribution is -2.25. The molecule has 0 saturated heterocycles. The molecule has 5 rings (SSSR count). The topological polar surface area (TPSA) is 61.2 Å². The van der Waals surface area contributed by atoms with Gasteiger partial charge in [0.1, 0.15) is 6.61 Å². The van der Waals surface area contributed by atoms with Crippen LogP contribution < -0.4 is 5.56 Å². The lowest BCUT2D eigenvalue weighted by atomic mass is 10.1. The van der Waals surface area contributed by atoms with Gasteiger partial charge in [0.2, 0.25) is 0 Å². The van der Waals surface area contributed by atoms with Crippen molar-refractivity contribution in [3.05, 3.63) is 106 Å². The van der Waals surface area contributed by atoms with E-state index in [0.717, 1.165) is 15.6 Å². The average molecular weight is 412 g/mol. The number of hydrogen-bond donors (Lipinski definition) is 0. The molecular formula is C24H16N2O3S. The molecule has 0 bridgehead atoms. The van der Waals surface area contributed by atoms with Crippen LogP contribution in [0.4, 0.5) is 0 Å². The van der Waals surface area contributed by atoms with Crippen LogP contribution in [0.15, 0.2) is 89.0 Å². The summed E-state index contributed by atoms with van der Waals surface area (Å²) in [5.74, 6) is -0.564. The second-order valence-corrected chi connectivity index (χ2v) is 7.69. The van der Waals surface area contributed by atoms with E-state index in [1.165, 1.54) is 4.68 Å². The number of esters is 1. The third kappa shape index (κ3) is 3.17. The minimum absolute atomic E-state index is 0.119. The van der Waals surface area contributed by atoms with Crippen molar-refractivity contribution in [2.75, 3.05) is 0 Å². The molecule has 0 spiro atoms. The first kappa shape index (κ1) is 18.3. The molecule has 0 aliphatic carbocycles. The molecule has 0 saturated carbocycles. The molecule has 146 valence electrons. The van der Waals surface area contributed by atoms with Crippen LogP contribution >= 0.6 is 11.3 Å². The van der Waals surface area contributed by atoms with E-state index >= 15 is 0 Å². The Hall–Kier alpha value is -3.77. The second-order valence-electron chi connectivity index (χ2n) is 6.78. The normalized spacial score (nSPS) is 11.1. The van der Waals surface area contributed by atoms with Gasteiger partial charge in [-0.05, 0) is 35.0 Å². The molecule has 30 heavy (non-hydrogen) atoms. The predicted molar refractivity (Wildman–Crippen MR) is 118 cm³/mol. The highest BCUT2D eigenvalue weighted by atomic mass is 32.1. The maximum absolute atomic E-state index is 13.0. The van der Waals surface area contributed by atoms with Crippen molar-refractivity contribution in [2.24, 2.45) is 0 Å². The Bertz CT molecular complexity index is 1440. The molecule has 0 fully saturated rings. The van der Waals surface area contributed by atoms with Gasteiger partial charge in [-0.1, -0.05) is 54.6 Å². The van der Waals surface area contributed by atoms with Crippen molar-refractivity contribution in [1.29, 1.82) is 0 Å². The number of thiophene rings is 1. The van der Waals surface area contributed by atoms with E-state index in [4.69, 9.17) is 4.74 Å². The van der Waals surface area contributed by atoms with Crippen molar-refractivity contribution >= 4 is 38.2 Å². The summed E-state index contributed by atoms with van der Waals surface area (Å²) in [4.78, 5) is 25.9. The Balaban J connectivity index is 1.55. The Labute approximate surface area is 175 Å². The minimum Gasteiger partial charge on any atom is -0.456 e. The van der Waals surface area contributed by atoms with Crippen LogP contribution in [0.1, 0.15) is 16.1 Å². The summed E-state index contributed by atoms with van der Waals surface area (Å²) in [6, 6.07) is 24.0. The molecule has 0 N–H and O–H groups in total. The zero-order chi connectivity index (χ0) is 20.5. The standard InChI is InChI=1S/C24H16N2O3S/c27-23-20-12-5-4-11-19(20)22(25-26(23)17-8-2-1-3-9-17)24(28)29-14-16-15-30-21-13-7-6-10-18(16)21/h1-13,15H,14H2. The first-order valence-electron chi connectivity index (χ1n) is 9.42. The van der Waals surface area contributed by atoms with E-state index in [9.17, 15) is 9.59 Å². The Morgan fingerprint density at radius 2 is 1.53 bits per heavy atom. The van der Waals surface area contributed by atoms with Gasteiger partial charge in [-0.2, -0.15) is 9.78 Å².